The summed E-state index contributed by atoms with van der Waals surface area (Å²) in [6, 6.07) is 16.7. The van der Waals surface area contributed by atoms with Crippen molar-refractivity contribution in [2.45, 2.75) is 16.2 Å². The first kappa shape index (κ1) is 20.2. The van der Waals surface area contributed by atoms with Gasteiger partial charge < -0.3 is 9.84 Å². The van der Waals surface area contributed by atoms with Crippen LogP contribution in [0.1, 0.15) is 5.56 Å². The van der Waals surface area contributed by atoms with Crippen molar-refractivity contribution in [3.63, 3.8) is 0 Å². The lowest BCUT2D eigenvalue weighted by molar-refractivity contribution is -0.136. The highest BCUT2D eigenvalue weighted by atomic mass is 35.5. The average molecular weight is 437 g/mol. The molecule has 0 radical (unpaired) electrons. The van der Waals surface area contributed by atoms with E-state index in [1.165, 1.54) is 48.5 Å². The number of carboxylic acids is 1. The Morgan fingerprint density at radius 2 is 1.64 bits per heavy atom. The van der Waals surface area contributed by atoms with Crippen LogP contribution in [0.5, 0.6) is 11.5 Å². The molecular formula is C20H14Cl2O5S. The minimum atomic E-state index is -3.70. The van der Waals surface area contributed by atoms with Crippen LogP contribution >= 0.6 is 23.2 Å². The molecule has 28 heavy (non-hydrogen) atoms. The summed E-state index contributed by atoms with van der Waals surface area (Å²) in [4.78, 5) is 11.1. The van der Waals surface area contributed by atoms with Crippen molar-refractivity contribution in [2.75, 3.05) is 0 Å². The zero-order valence-electron chi connectivity index (χ0n) is 14.3. The SMILES string of the molecule is O=C(O)Cc1cc(Cl)cc(Oc2ccc(S(=O)(=O)c3ccccc3)cc2Cl)c1. The number of hydrogen-bond donors (Lipinski definition) is 1. The van der Waals surface area contributed by atoms with Crippen molar-refractivity contribution >= 4 is 39.0 Å². The molecule has 0 aliphatic heterocycles. The molecule has 0 bridgehead atoms. The number of carbonyl (C=O) groups is 1. The molecule has 3 rings (SSSR count). The molecule has 0 aliphatic carbocycles. The Bertz CT molecular complexity index is 1130. The summed E-state index contributed by atoms with van der Waals surface area (Å²) in [5.41, 5.74) is 0.467. The molecular weight excluding hydrogens is 423 g/mol. The third-order valence-corrected chi connectivity index (χ3v) is 6.06. The summed E-state index contributed by atoms with van der Waals surface area (Å²) < 4.78 is 31.0. The number of aliphatic carboxylic acids is 1. The van der Waals surface area contributed by atoms with E-state index in [1.54, 1.807) is 18.2 Å². The van der Waals surface area contributed by atoms with Crippen LogP contribution < -0.4 is 4.74 Å². The van der Waals surface area contributed by atoms with Crippen LogP contribution in [0.2, 0.25) is 10.0 Å². The van der Waals surface area contributed by atoms with E-state index in [2.05, 4.69) is 0 Å². The maximum absolute atomic E-state index is 12.7. The highest BCUT2D eigenvalue weighted by molar-refractivity contribution is 7.91. The van der Waals surface area contributed by atoms with Crippen molar-refractivity contribution in [3.8, 4) is 11.5 Å². The number of ether oxygens (including phenoxy) is 1. The molecule has 3 aromatic rings. The second-order valence-corrected chi connectivity index (χ2v) is 8.67. The van der Waals surface area contributed by atoms with E-state index in [-0.39, 0.29) is 27.0 Å². The van der Waals surface area contributed by atoms with Crippen LogP contribution in [0.15, 0.2) is 76.5 Å². The van der Waals surface area contributed by atoms with E-state index in [1.807, 2.05) is 0 Å². The smallest absolute Gasteiger partial charge is 0.307 e. The fraction of sp³-hybridized carbons (Fsp3) is 0.0500. The number of hydrogen-bond acceptors (Lipinski definition) is 4. The van der Waals surface area contributed by atoms with Gasteiger partial charge in [0.15, 0.2) is 0 Å². The van der Waals surface area contributed by atoms with Crippen molar-refractivity contribution in [1.29, 1.82) is 0 Å². The quantitative estimate of drug-likeness (QED) is 0.570. The molecule has 5 nitrogen and oxygen atoms in total. The second-order valence-electron chi connectivity index (χ2n) is 5.88. The summed E-state index contributed by atoms with van der Waals surface area (Å²) in [6.45, 7) is 0. The number of benzene rings is 3. The molecule has 3 aromatic carbocycles. The Hall–Kier alpha value is -2.54. The van der Waals surface area contributed by atoms with Crippen LogP contribution in [0.3, 0.4) is 0 Å². The highest BCUT2D eigenvalue weighted by Crippen LogP contribution is 2.34. The topological polar surface area (TPSA) is 80.7 Å². The van der Waals surface area contributed by atoms with Gasteiger partial charge in [-0.1, -0.05) is 41.4 Å². The second kappa shape index (κ2) is 8.22. The van der Waals surface area contributed by atoms with Gasteiger partial charge in [-0.3, -0.25) is 4.79 Å². The molecule has 0 saturated heterocycles. The number of carboxylic acid groups (broad SMARTS) is 1. The maximum Gasteiger partial charge on any atom is 0.307 e. The summed E-state index contributed by atoms with van der Waals surface area (Å²) in [5, 5.41) is 9.33. The van der Waals surface area contributed by atoms with Crippen LogP contribution in [0, 0.1) is 0 Å². The van der Waals surface area contributed by atoms with Crippen molar-refractivity contribution in [1.82, 2.24) is 0 Å². The minimum Gasteiger partial charge on any atom is -0.481 e. The largest absolute Gasteiger partial charge is 0.481 e. The van der Waals surface area contributed by atoms with Crippen LogP contribution in [0.25, 0.3) is 0 Å². The van der Waals surface area contributed by atoms with E-state index in [4.69, 9.17) is 33.0 Å². The van der Waals surface area contributed by atoms with Gasteiger partial charge >= 0.3 is 5.97 Å². The summed E-state index contributed by atoms with van der Waals surface area (Å²) in [6.07, 6.45) is -0.209. The molecule has 0 spiro atoms. The molecule has 0 aliphatic rings. The predicted molar refractivity (Wildman–Crippen MR) is 106 cm³/mol. The van der Waals surface area contributed by atoms with Gasteiger partial charge in [0.25, 0.3) is 0 Å². The Morgan fingerprint density at radius 3 is 2.29 bits per heavy atom. The zero-order valence-corrected chi connectivity index (χ0v) is 16.6. The van der Waals surface area contributed by atoms with Crippen LogP contribution in [0.4, 0.5) is 0 Å². The standard InChI is InChI=1S/C20H14Cl2O5S/c21-14-8-13(10-20(23)24)9-15(11-14)27-19-7-6-17(12-18(19)22)28(25,26)16-4-2-1-3-5-16/h1-9,11-12H,10H2,(H,23,24). The molecule has 1 N–H and O–H groups in total. The third-order valence-electron chi connectivity index (χ3n) is 3.78. The van der Waals surface area contributed by atoms with E-state index in [9.17, 15) is 13.2 Å². The lowest BCUT2D eigenvalue weighted by atomic mass is 10.1. The average Bonchev–Trinajstić information content (AvgIpc) is 2.63. The molecule has 0 aromatic heterocycles. The highest BCUT2D eigenvalue weighted by Gasteiger charge is 2.19. The molecule has 0 saturated carbocycles. The van der Waals surface area contributed by atoms with E-state index < -0.39 is 15.8 Å². The van der Waals surface area contributed by atoms with Crippen LogP contribution in [-0.4, -0.2) is 19.5 Å². The van der Waals surface area contributed by atoms with E-state index in [0.717, 1.165) is 0 Å². The molecule has 0 unspecified atom stereocenters. The van der Waals surface area contributed by atoms with Gasteiger partial charge in [-0.05, 0) is 54.1 Å². The van der Waals surface area contributed by atoms with Gasteiger partial charge in [-0.25, -0.2) is 8.42 Å². The van der Waals surface area contributed by atoms with Gasteiger partial charge in [0.2, 0.25) is 9.84 Å². The van der Waals surface area contributed by atoms with Gasteiger partial charge in [0, 0.05) is 5.02 Å². The lowest BCUT2D eigenvalue weighted by Crippen LogP contribution is -2.02. The van der Waals surface area contributed by atoms with E-state index in [0.29, 0.717) is 16.3 Å². The fourth-order valence-electron chi connectivity index (χ4n) is 2.55. The monoisotopic (exact) mass is 436 g/mol. The lowest BCUT2D eigenvalue weighted by Gasteiger charge is -2.11. The molecule has 0 atom stereocenters. The Labute approximate surface area is 172 Å². The summed E-state index contributed by atoms with van der Waals surface area (Å²) in [5.74, 6) is -0.483. The van der Waals surface area contributed by atoms with E-state index >= 15 is 0 Å². The van der Waals surface area contributed by atoms with Crippen LogP contribution in [-0.2, 0) is 21.1 Å². The van der Waals surface area contributed by atoms with Gasteiger partial charge in [0.1, 0.15) is 11.5 Å². The normalized spacial score (nSPS) is 11.2. The summed E-state index contributed by atoms with van der Waals surface area (Å²) in [7, 11) is -3.70. The van der Waals surface area contributed by atoms with Gasteiger partial charge in [0.05, 0.1) is 21.2 Å². The number of halogens is 2. The third kappa shape index (κ3) is 4.65. The van der Waals surface area contributed by atoms with Crippen molar-refractivity contribution in [3.05, 3.63) is 82.3 Å². The molecule has 144 valence electrons. The van der Waals surface area contributed by atoms with Crippen molar-refractivity contribution < 1.29 is 23.1 Å². The number of rotatable bonds is 6. The Balaban J connectivity index is 1.90. The molecule has 8 heteroatoms. The summed E-state index contributed by atoms with van der Waals surface area (Å²) >= 11 is 12.2. The molecule has 0 amide bonds. The maximum atomic E-state index is 12.7. The first-order chi connectivity index (χ1) is 13.3. The Morgan fingerprint density at radius 1 is 0.929 bits per heavy atom. The first-order valence-corrected chi connectivity index (χ1v) is 10.3. The molecule has 0 fully saturated rings. The van der Waals surface area contributed by atoms with Gasteiger partial charge in [-0.15, -0.1) is 0 Å². The first-order valence-electron chi connectivity index (χ1n) is 8.04. The zero-order chi connectivity index (χ0) is 20.3. The Kier molecular flexibility index (Phi) is 5.93. The number of sulfone groups is 1. The van der Waals surface area contributed by atoms with Crippen molar-refractivity contribution in [2.24, 2.45) is 0 Å². The fourth-order valence-corrected chi connectivity index (χ4v) is 4.39. The van der Waals surface area contributed by atoms with Gasteiger partial charge in [-0.2, -0.15) is 0 Å². The molecule has 0 heterocycles. The minimum absolute atomic E-state index is 0.0358. The predicted octanol–water partition coefficient (Wildman–Crippen LogP) is 5.25.